The van der Waals surface area contributed by atoms with Crippen molar-refractivity contribution in [2.45, 2.75) is 56.9 Å². The lowest BCUT2D eigenvalue weighted by Gasteiger charge is -2.34. The van der Waals surface area contributed by atoms with E-state index in [9.17, 15) is 32.7 Å². The number of carbonyl (C=O) groups is 4. The van der Waals surface area contributed by atoms with E-state index in [1.807, 2.05) is 29.4 Å². The fourth-order valence-corrected chi connectivity index (χ4v) is 6.17. The molecule has 2 heterocycles. The molecule has 14 heteroatoms. The first-order valence-corrected chi connectivity index (χ1v) is 16.3. The quantitative estimate of drug-likeness (QED) is 0.271. The number of nitrogens with zero attached hydrogens (tertiary/aromatic N) is 2. The summed E-state index contributed by atoms with van der Waals surface area (Å²) in [6, 6.07) is 13.5. The number of halogens is 3. The first-order valence-electron chi connectivity index (χ1n) is 14.9. The molecule has 0 aromatic heterocycles. The molecule has 2 aliphatic heterocycles. The van der Waals surface area contributed by atoms with Gasteiger partial charge in [0, 0.05) is 32.2 Å². The van der Waals surface area contributed by atoms with Crippen LogP contribution < -0.4 is 10.6 Å². The van der Waals surface area contributed by atoms with E-state index in [1.54, 1.807) is 11.8 Å². The molecular weight excluding hydrogens is 613 g/mol. The van der Waals surface area contributed by atoms with Crippen molar-refractivity contribution >= 4 is 46.3 Å². The molecule has 2 aliphatic rings. The molecule has 0 spiro atoms. The number of fused-ring (bicyclic) bond motifs is 1. The Hall–Kier alpha value is -3.36. The number of carboxylic acids is 2. The minimum Gasteiger partial charge on any atom is -0.480 e. The summed E-state index contributed by atoms with van der Waals surface area (Å²) < 4.78 is 31.7. The predicted octanol–water partition coefficient (Wildman–Crippen LogP) is 3.59. The van der Waals surface area contributed by atoms with Crippen LogP contribution in [0.1, 0.15) is 37.7 Å². The zero-order valence-electron chi connectivity index (χ0n) is 25.2. The van der Waals surface area contributed by atoms with Crippen LogP contribution >= 0.6 is 11.8 Å². The molecule has 2 aromatic carbocycles. The van der Waals surface area contributed by atoms with Gasteiger partial charge in [0.1, 0.15) is 6.04 Å². The molecule has 10 nitrogen and oxygen atoms in total. The number of alkyl halides is 3. The van der Waals surface area contributed by atoms with Gasteiger partial charge in [0.2, 0.25) is 11.8 Å². The van der Waals surface area contributed by atoms with Crippen LogP contribution in [-0.4, -0.2) is 107 Å². The van der Waals surface area contributed by atoms with Crippen LogP contribution in [0.4, 0.5) is 13.2 Å². The number of nitrogens with one attached hydrogen (secondary N) is 2. The molecule has 248 valence electrons. The lowest BCUT2D eigenvalue weighted by Crippen LogP contribution is -2.50. The Morgan fingerprint density at radius 2 is 1.80 bits per heavy atom. The number of rotatable bonds is 12. The fraction of sp³-hybridized carbons (Fsp3) is 0.548. The van der Waals surface area contributed by atoms with E-state index < -0.39 is 24.2 Å². The molecule has 3 atom stereocenters. The molecule has 0 bridgehead atoms. The van der Waals surface area contributed by atoms with E-state index in [0.717, 1.165) is 61.7 Å². The number of carboxylic acid groups (broad SMARTS) is 2. The van der Waals surface area contributed by atoms with Gasteiger partial charge in [-0.05, 0) is 67.0 Å². The van der Waals surface area contributed by atoms with Crippen LogP contribution in [0.5, 0.6) is 0 Å². The van der Waals surface area contributed by atoms with Crippen molar-refractivity contribution in [2.75, 3.05) is 44.7 Å². The maximum atomic E-state index is 13.4. The summed E-state index contributed by atoms with van der Waals surface area (Å²) in [6.07, 6.45) is 1.02. The first-order chi connectivity index (χ1) is 21.4. The van der Waals surface area contributed by atoms with Crippen LogP contribution in [0.25, 0.3) is 10.8 Å². The van der Waals surface area contributed by atoms with E-state index in [-0.39, 0.29) is 30.3 Å². The second kappa shape index (κ2) is 17.4. The Kier molecular flexibility index (Phi) is 13.9. The highest BCUT2D eigenvalue weighted by atomic mass is 32.2. The molecule has 4 N–H and O–H groups in total. The van der Waals surface area contributed by atoms with Crippen LogP contribution in [0.15, 0.2) is 42.5 Å². The van der Waals surface area contributed by atoms with Gasteiger partial charge in [-0.25, -0.2) is 9.59 Å². The third-order valence-electron chi connectivity index (χ3n) is 7.90. The Labute approximate surface area is 264 Å². The zero-order valence-corrected chi connectivity index (χ0v) is 26.0. The van der Waals surface area contributed by atoms with Gasteiger partial charge in [0.05, 0.1) is 12.5 Å². The Bertz CT molecular complexity index is 1300. The summed E-state index contributed by atoms with van der Waals surface area (Å²) in [5.74, 6) is -3.17. The third kappa shape index (κ3) is 11.2. The van der Waals surface area contributed by atoms with Gasteiger partial charge < -0.3 is 25.7 Å². The molecule has 2 fully saturated rings. The molecule has 45 heavy (non-hydrogen) atoms. The summed E-state index contributed by atoms with van der Waals surface area (Å²) in [4.78, 5) is 51.2. The van der Waals surface area contributed by atoms with Crippen molar-refractivity contribution in [1.29, 1.82) is 0 Å². The number of hydrogen-bond donors (Lipinski definition) is 4. The summed E-state index contributed by atoms with van der Waals surface area (Å²) in [5, 5.41) is 25.1. The Morgan fingerprint density at radius 3 is 2.44 bits per heavy atom. The molecule has 0 saturated carbocycles. The van der Waals surface area contributed by atoms with Crippen LogP contribution in [-0.2, 0) is 25.7 Å². The van der Waals surface area contributed by atoms with Crippen LogP contribution in [0.2, 0.25) is 0 Å². The number of benzene rings is 2. The first kappa shape index (κ1) is 36.1. The maximum Gasteiger partial charge on any atom is 0.490 e. The molecular formula is C31H41F3N4O6S. The lowest BCUT2D eigenvalue weighted by molar-refractivity contribution is -0.192. The highest BCUT2D eigenvalue weighted by Gasteiger charge is 2.38. The van der Waals surface area contributed by atoms with Crippen molar-refractivity contribution in [3.05, 3.63) is 48.0 Å². The van der Waals surface area contributed by atoms with Crippen LogP contribution in [0.3, 0.4) is 0 Å². The second-order valence-electron chi connectivity index (χ2n) is 11.2. The summed E-state index contributed by atoms with van der Waals surface area (Å²) in [6.45, 7) is 3.65. The van der Waals surface area contributed by atoms with E-state index in [4.69, 9.17) is 9.90 Å². The smallest absolute Gasteiger partial charge is 0.480 e. The monoisotopic (exact) mass is 654 g/mol. The number of likely N-dealkylation sites (tertiary alicyclic amines) is 1. The minimum absolute atomic E-state index is 0.0203. The summed E-state index contributed by atoms with van der Waals surface area (Å²) >= 11 is 1.56. The van der Waals surface area contributed by atoms with Crippen molar-refractivity contribution in [3.63, 3.8) is 0 Å². The summed E-state index contributed by atoms with van der Waals surface area (Å²) in [5.41, 5.74) is 1.11. The van der Waals surface area contributed by atoms with Crippen molar-refractivity contribution in [3.8, 4) is 0 Å². The van der Waals surface area contributed by atoms with E-state index >= 15 is 0 Å². The van der Waals surface area contributed by atoms with Crippen molar-refractivity contribution < 1.29 is 42.6 Å². The molecule has 2 aromatic rings. The number of piperidine rings is 1. The highest BCUT2D eigenvalue weighted by molar-refractivity contribution is 7.98. The molecule has 0 radical (unpaired) electrons. The minimum atomic E-state index is -5.08. The number of thioether (sulfide) groups is 1. The molecule has 2 saturated heterocycles. The molecule has 2 unspecified atom stereocenters. The number of aliphatic carboxylic acids is 2. The third-order valence-corrected chi connectivity index (χ3v) is 8.55. The van der Waals surface area contributed by atoms with Gasteiger partial charge in [-0.15, -0.1) is 0 Å². The number of amides is 2. The van der Waals surface area contributed by atoms with E-state index in [1.165, 1.54) is 0 Å². The number of carbonyl (C=O) groups excluding carboxylic acids is 2. The SMILES string of the molecule is CSCCC(NC(=O)CN(Cc1cccc2ccccc12)C[C@@H]1CCCN1C(=O)C1CCCNC1)C(=O)O.O=C(O)C(F)(F)F. The normalized spacial score (nSPS) is 19.1. The van der Waals surface area contributed by atoms with Gasteiger partial charge in [-0.2, -0.15) is 24.9 Å². The molecule has 4 rings (SSSR count). The maximum absolute atomic E-state index is 13.4. The van der Waals surface area contributed by atoms with E-state index in [2.05, 4.69) is 39.8 Å². The number of hydrogen-bond acceptors (Lipinski definition) is 7. The van der Waals surface area contributed by atoms with Crippen LogP contribution in [0, 0.1) is 5.92 Å². The second-order valence-corrected chi connectivity index (χ2v) is 12.2. The van der Waals surface area contributed by atoms with Gasteiger partial charge >= 0.3 is 18.1 Å². The molecule has 2 amide bonds. The van der Waals surface area contributed by atoms with Crippen molar-refractivity contribution in [1.82, 2.24) is 20.4 Å². The zero-order chi connectivity index (χ0) is 33.0. The summed E-state index contributed by atoms with van der Waals surface area (Å²) in [7, 11) is 0. The Balaban J connectivity index is 0.000000707. The van der Waals surface area contributed by atoms with E-state index in [0.29, 0.717) is 25.3 Å². The predicted molar refractivity (Wildman–Crippen MR) is 166 cm³/mol. The van der Waals surface area contributed by atoms with Crippen molar-refractivity contribution in [2.24, 2.45) is 5.92 Å². The standard InChI is InChI=1S/C29H40N4O4S.C2HF3O2/c1-38-16-13-26(29(36)37)31-27(34)20-32(18-23-9-4-8-21-7-2-3-12-25(21)23)19-24-11-6-15-33(24)28(35)22-10-5-14-30-17-22;3-2(4,5)1(6)7/h2-4,7-9,12,22,24,26,30H,5-6,10-11,13-20H2,1H3,(H,31,34)(H,36,37);(H,6,7)/t22?,24-,26?;/m0./s1. The average molecular weight is 655 g/mol. The van der Waals surface area contributed by atoms with Gasteiger partial charge in [0.25, 0.3) is 0 Å². The van der Waals surface area contributed by atoms with Gasteiger partial charge in [-0.3, -0.25) is 14.5 Å². The average Bonchev–Trinajstić information content (AvgIpc) is 3.47. The van der Waals surface area contributed by atoms with Gasteiger partial charge in [-0.1, -0.05) is 42.5 Å². The largest absolute Gasteiger partial charge is 0.490 e. The fourth-order valence-electron chi connectivity index (χ4n) is 5.70. The topological polar surface area (TPSA) is 139 Å². The highest BCUT2D eigenvalue weighted by Crippen LogP contribution is 2.25. The lowest BCUT2D eigenvalue weighted by atomic mass is 9.97. The molecule has 0 aliphatic carbocycles. The Morgan fingerprint density at radius 1 is 1.09 bits per heavy atom. The van der Waals surface area contributed by atoms with Gasteiger partial charge in [0.15, 0.2) is 0 Å².